The van der Waals surface area contributed by atoms with Crippen molar-refractivity contribution in [3.8, 4) is 11.5 Å². The molecule has 0 spiro atoms. The molecule has 0 bridgehead atoms. The summed E-state index contributed by atoms with van der Waals surface area (Å²) in [6.07, 6.45) is 2.71. The third-order valence-electron chi connectivity index (χ3n) is 2.56. The highest BCUT2D eigenvalue weighted by Gasteiger charge is 2.09. The molecule has 20 heavy (non-hydrogen) atoms. The summed E-state index contributed by atoms with van der Waals surface area (Å²) in [6, 6.07) is 3.36. The van der Waals surface area contributed by atoms with E-state index in [1.807, 2.05) is 6.07 Å². The predicted octanol–water partition coefficient (Wildman–Crippen LogP) is 2.86. The van der Waals surface area contributed by atoms with Gasteiger partial charge in [0.15, 0.2) is 5.82 Å². The van der Waals surface area contributed by atoms with Gasteiger partial charge in [-0.05, 0) is 50.9 Å². The number of nitrogens with one attached hydrogen (secondary N) is 2. The van der Waals surface area contributed by atoms with Gasteiger partial charge in [0.25, 0.3) is 5.56 Å². The Morgan fingerprint density at radius 1 is 1.35 bits per heavy atom. The molecule has 2 heterocycles. The van der Waals surface area contributed by atoms with E-state index in [1.165, 1.54) is 6.07 Å². The largest absolute Gasteiger partial charge is 0.311 e. The van der Waals surface area contributed by atoms with Crippen molar-refractivity contribution in [1.29, 1.82) is 0 Å². The van der Waals surface area contributed by atoms with Crippen LogP contribution in [0.1, 0.15) is 19.0 Å². The number of hydrogen-bond donors (Lipinski definition) is 2. The van der Waals surface area contributed by atoms with Crippen LogP contribution in [0.3, 0.4) is 0 Å². The van der Waals surface area contributed by atoms with E-state index in [9.17, 15) is 4.79 Å². The second-order valence-electron chi connectivity index (χ2n) is 4.25. The number of nitrogens with zero attached hydrogens (tertiary/aromatic N) is 2. The molecule has 0 saturated carbocycles. The topological polar surface area (TPSA) is 70.7 Å². The van der Waals surface area contributed by atoms with Crippen LogP contribution in [0.15, 0.2) is 32.1 Å². The minimum Gasteiger partial charge on any atom is -0.311 e. The predicted molar refractivity (Wildman–Crippen MR) is 85.5 cm³/mol. The maximum absolute atomic E-state index is 11.7. The van der Waals surface area contributed by atoms with Gasteiger partial charge in [0.1, 0.15) is 5.69 Å². The fourth-order valence-electron chi connectivity index (χ4n) is 1.69. The first-order valence-electron chi connectivity index (χ1n) is 6.22. The third kappa shape index (κ3) is 3.97. The van der Waals surface area contributed by atoms with Crippen molar-refractivity contribution in [2.24, 2.45) is 0 Å². The number of rotatable bonds is 5. The molecule has 0 radical (unpaired) electrons. The highest BCUT2D eigenvalue weighted by atomic mass is 79.9. The van der Waals surface area contributed by atoms with Crippen LogP contribution in [0.5, 0.6) is 0 Å². The van der Waals surface area contributed by atoms with E-state index in [0.717, 1.165) is 21.9 Å². The van der Waals surface area contributed by atoms with Crippen LogP contribution in [0.25, 0.3) is 11.5 Å². The Bertz CT molecular complexity index is 657. The number of aromatic nitrogens is 3. The molecule has 0 fully saturated rings. The van der Waals surface area contributed by atoms with Gasteiger partial charge in [-0.2, -0.15) is 0 Å². The van der Waals surface area contributed by atoms with Gasteiger partial charge in [-0.15, -0.1) is 0 Å². The second-order valence-corrected chi connectivity index (χ2v) is 6.02. The van der Waals surface area contributed by atoms with Gasteiger partial charge < -0.3 is 10.3 Å². The standard InChI is InChI=1S/C13H14Br2N4O/c1-2-3-16-7-9-5-11(20)19-13(18-9)12-10(15)4-8(14)6-17-12/h4-6,16H,2-3,7H2,1H3,(H,18,19,20). The van der Waals surface area contributed by atoms with Crippen molar-refractivity contribution in [2.45, 2.75) is 19.9 Å². The Labute approximate surface area is 133 Å². The normalized spacial score (nSPS) is 10.8. The molecule has 0 aliphatic heterocycles. The minimum atomic E-state index is -0.181. The van der Waals surface area contributed by atoms with Gasteiger partial charge in [-0.1, -0.05) is 6.92 Å². The van der Waals surface area contributed by atoms with Crippen LogP contribution in [0, 0.1) is 0 Å². The quantitative estimate of drug-likeness (QED) is 0.755. The first kappa shape index (κ1) is 15.3. The van der Waals surface area contributed by atoms with Crippen molar-refractivity contribution in [2.75, 3.05) is 6.54 Å². The maximum atomic E-state index is 11.7. The number of halogens is 2. The molecule has 2 N–H and O–H groups in total. The Morgan fingerprint density at radius 2 is 2.15 bits per heavy atom. The van der Waals surface area contributed by atoms with Crippen LogP contribution >= 0.6 is 31.9 Å². The molecule has 0 atom stereocenters. The highest BCUT2D eigenvalue weighted by Crippen LogP contribution is 2.25. The lowest BCUT2D eigenvalue weighted by Gasteiger charge is -2.06. The van der Waals surface area contributed by atoms with Crippen LogP contribution in [-0.2, 0) is 6.54 Å². The fourth-order valence-corrected chi connectivity index (χ4v) is 2.87. The summed E-state index contributed by atoms with van der Waals surface area (Å²) < 4.78 is 1.63. The lowest BCUT2D eigenvalue weighted by Crippen LogP contribution is -2.18. The molecule has 2 aromatic heterocycles. The summed E-state index contributed by atoms with van der Waals surface area (Å²) in [5, 5.41) is 3.23. The van der Waals surface area contributed by atoms with E-state index in [1.54, 1.807) is 6.20 Å². The molecular weight excluding hydrogens is 388 g/mol. The zero-order chi connectivity index (χ0) is 14.5. The van der Waals surface area contributed by atoms with Crippen molar-refractivity contribution in [1.82, 2.24) is 20.3 Å². The van der Waals surface area contributed by atoms with Gasteiger partial charge >= 0.3 is 0 Å². The molecule has 7 heteroatoms. The first-order chi connectivity index (χ1) is 9.60. The van der Waals surface area contributed by atoms with Gasteiger partial charge in [-0.25, -0.2) is 4.98 Å². The van der Waals surface area contributed by atoms with Crippen LogP contribution in [-0.4, -0.2) is 21.5 Å². The van der Waals surface area contributed by atoms with Gasteiger partial charge in [0.2, 0.25) is 0 Å². The molecule has 106 valence electrons. The molecule has 0 unspecified atom stereocenters. The Morgan fingerprint density at radius 3 is 2.85 bits per heavy atom. The summed E-state index contributed by atoms with van der Waals surface area (Å²) >= 11 is 6.77. The molecule has 0 aromatic carbocycles. The Kier molecular flexibility index (Phi) is 5.45. The van der Waals surface area contributed by atoms with Gasteiger partial charge in [0.05, 0.1) is 5.69 Å². The molecule has 2 aromatic rings. The van der Waals surface area contributed by atoms with Crippen LogP contribution < -0.4 is 10.9 Å². The number of hydrogen-bond acceptors (Lipinski definition) is 4. The Balaban J connectivity index is 2.34. The monoisotopic (exact) mass is 400 g/mol. The lowest BCUT2D eigenvalue weighted by molar-refractivity contribution is 0.662. The number of aromatic amines is 1. The molecule has 5 nitrogen and oxygen atoms in total. The second kappa shape index (κ2) is 7.10. The lowest BCUT2D eigenvalue weighted by atomic mass is 10.3. The average molecular weight is 402 g/mol. The zero-order valence-electron chi connectivity index (χ0n) is 10.9. The number of pyridine rings is 1. The first-order valence-corrected chi connectivity index (χ1v) is 7.81. The third-order valence-corrected chi connectivity index (χ3v) is 3.60. The van der Waals surface area contributed by atoms with Crippen molar-refractivity contribution in [3.05, 3.63) is 43.3 Å². The van der Waals surface area contributed by atoms with E-state index in [4.69, 9.17) is 0 Å². The molecular formula is C13H14Br2N4O. The Hall–Kier alpha value is -1.05. The summed E-state index contributed by atoms with van der Waals surface area (Å²) in [7, 11) is 0. The van der Waals surface area contributed by atoms with E-state index in [2.05, 4.69) is 59.1 Å². The highest BCUT2D eigenvalue weighted by molar-refractivity contribution is 9.11. The number of H-pyrrole nitrogens is 1. The molecule has 2 rings (SSSR count). The fraction of sp³-hybridized carbons (Fsp3) is 0.308. The molecule has 0 saturated heterocycles. The summed E-state index contributed by atoms with van der Waals surface area (Å²) in [6.45, 7) is 3.55. The molecule has 0 aliphatic carbocycles. The average Bonchev–Trinajstić information content (AvgIpc) is 2.38. The summed E-state index contributed by atoms with van der Waals surface area (Å²) in [5.74, 6) is 0.463. The van der Waals surface area contributed by atoms with E-state index in [-0.39, 0.29) is 5.56 Å². The molecule has 0 aliphatic rings. The summed E-state index contributed by atoms with van der Waals surface area (Å²) in [4.78, 5) is 23.2. The van der Waals surface area contributed by atoms with E-state index < -0.39 is 0 Å². The van der Waals surface area contributed by atoms with Crippen LogP contribution in [0.4, 0.5) is 0 Å². The smallest absolute Gasteiger partial charge is 0.251 e. The van der Waals surface area contributed by atoms with Crippen molar-refractivity contribution < 1.29 is 0 Å². The van der Waals surface area contributed by atoms with Crippen LogP contribution in [0.2, 0.25) is 0 Å². The maximum Gasteiger partial charge on any atom is 0.251 e. The minimum absolute atomic E-state index is 0.181. The zero-order valence-corrected chi connectivity index (χ0v) is 14.1. The van der Waals surface area contributed by atoms with Gasteiger partial charge in [-0.3, -0.25) is 9.78 Å². The SMILES string of the molecule is CCCNCc1cc(=O)[nH]c(-c2ncc(Br)cc2Br)n1. The van der Waals surface area contributed by atoms with Crippen molar-refractivity contribution >= 4 is 31.9 Å². The van der Waals surface area contributed by atoms with Crippen molar-refractivity contribution in [3.63, 3.8) is 0 Å². The van der Waals surface area contributed by atoms with E-state index >= 15 is 0 Å². The molecule has 0 amide bonds. The summed E-state index contributed by atoms with van der Waals surface area (Å²) in [5.41, 5.74) is 1.14. The van der Waals surface area contributed by atoms with Gasteiger partial charge in [0, 0.05) is 27.8 Å². The van der Waals surface area contributed by atoms with E-state index in [0.29, 0.717) is 23.8 Å².